The lowest BCUT2D eigenvalue weighted by atomic mass is 10.2. The van der Waals surface area contributed by atoms with Gasteiger partial charge in [0.2, 0.25) is 0 Å². The number of sulfone groups is 1. The molecule has 7 nitrogen and oxygen atoms in total. The van der Waals surface area contributed by atoms with Gasteiger partial charge in [0.15, 0.2) is 9.84 Å². The molecule has 1 aliphatic heterocycles. The third-order valence-corrected chi connectivity index (χ3v) is 5.04. The van der Waals surface area contributed by atoms with Crippen LogP contribution in [0, 0.1) is 0 Å². The molecular formula is C12H18N4O3S. The zero-order valence-electron chi connectivity index (χ0n) is 11.5. The molecule has 8 heteroatoms. The molecule has 2 heterocycles. The zero-order valence-corrected chi connectivity index (χ0v) is 12.4. The second-order valence-electron chi connectivity index (χ2n) is 4.79. The first-order valence-electron chi connectivity index (χ1n) is 6.46. The van der Waals surface area contributed by atoms with Gasteiger partial charge in [-0.1, -0.05) is 0 Å². The van der Waals surface area contributed by atoms with Crippen molar-refractivity contribution in [2.24, 2.45) is 0 Å². The normalized spacial score (nSPS) is 20.6. The number of amides is 1. The molecule has 1 aromatic heterocycles. The first-order valence-corrected chi connectivity index (χ1v) is 8.28. The molecule has 20 heavy (non-hydrogen) atoms. The van der Waals surface area contributed by atoms with Crippen molar-refractivity contribution in [2.75, 3.05) is 30.4 Å². The van der Waals surface area contributed by atoms with Crippen LogP contribution in [0.1, 0.15) is 23.8 Å². The summed E-state index contributed by atoms with van der Waals surface area (Å²) >= 11 is 0. The van der Waals surface area contributed by atoms with Crippen LogP contribution < -0.4 is 5.32 Å². The predicted molar refractivity (Wildman–Crippen MR) is 75.3 cm³/mol. The fourth-order valence-electron chi connectivity index (χ4n) is 2.16. The van der Waals surface area contributed by atoms with E-state index in [9.17, 15) is 13.2 Å². The summed E-state index contributed by atoms with van der Waals surface area (Å²) in [5.41, 5.74) is 0.218. The Morgan fingerprint density at radius 2 is 2.25 bits per heavy atom. The second kappa shape index (κ2) is 5.74. The molecule has 1 fully saturated rings. The molecule has 1 N–H and O–H groups in total. The molecule has 1 atom stereocenters. The van der Waals surface area contributed by atoms with E-state index in [4.69, 9.17) is 0 Å². The molecular weight excluding hydrogens is 280 g/mol. The molecule has 0 aromatic carbocycles. The topological polar surface area (TPSA) is 92.3 Å². The maximum atomic E-state index is 12.3. The van der Waals surface area contributed by atoms with Crippen molar-refractivity contribution in [1.29, 1.82) is 0 Å². The van der Waals surface area contributed by atoms with E-state index < -0.39 is 9.84 Å². The minimum absolute atomic E-state index is 0.0234. The largest absolute Gasteiger partial charge is 0.369 e. The number of aromatic nitrogens is 2. The van der Waals surface area contributed by atoms with Crippen LogP contribution in [0.3, 0.4) is 0 Å². The predicted octanol–water partition coefficient (Wildman–Crippen LogP) is 0.167. The first kappa shape index (κ1) is 14.7. The van der Waals surface area contributed by atoms with Crippen LogP contribution >= 0.6 is 0 Å². The Kier molecular flexibility index (Phi) is 4.22. The number of anilines is 1. The quantitative estimate of drug-likeness (QED) is 0.851. The van der Waals surface area contributed by atoms with Crippen molar-refractivity contribution in [3.05, 3.63) is 18.1 Å². The number of rotatable bonds is 4. The number of hydrogen-bond donors (Lipinski definition) is 1. The van der Waals surface area contributed by atoms with Crippen molar-refractivity contribution < 1.29 is 13.2 Å². The first-order chi connectivity index (χ1) is 9.43. The Balaban J connectivity index is 2.12. The Labute approximate surface area is 118 Å². The van der Waals surface area contributed by atoms with Crippen molar-refractivity contribution in [3.8, 4) is 0 Å². The van der Waals surface area contributed by atoms with E-state index in [1.54, 1.807) is 13.2 Å². The minimum atomic E-state index is -3.02. The van der Waals surface area contributed by atoms with Gasteiger partial charge in [-0.3, -0.25) is 9.78 Å². The molecule has 1 amide bonds. The van der Waals surface area contributed by atoms with E-state index in [1.165, 1.54) is 11.1 Å². The maximum absolute atomic E-state index is 12.3. The molecule has 0 spiro atoms. The zero-order chi connectivity index (χ0) is 14.8. The lowest BCUT2D eigenvalue weighted by molar-refractivity contribution is 0.0741. The number of nitrogens with one attached hydrogen (secondary N) is 1. The third kappa shape index (κ3) is 3.24. The molecule has 1 aliphatic rings. The summed E-state index contributed by atoms with van der Waals surface area (Å²) in [6.07, 6.45) is 3.41. The monoisotopic (exact) mass is 298 g/mol. The standard InChI is InChI=1S/C12H18N4O3S/c1-3-14-11-7-13-6-10(15-11)12(17)16(2)9-4-5-20(18,19)8-9/h6-7,9H,3-5,8H2,1-2H3,(H,14,15). The van der Waals surface area contributed by atoms with Crippen molar-refractivity contribution in [2.45, 2.75) is 19.4 Å². The Morgan fingerprint density at radius 1 is 1.50 bits per heavy atom. The highest BCUT2D eigenvalue weighted by Crippen LogP contribution is 2.18. The fraction of sp³-hybridized carbons (Fsp3) is 0.583. The summed E-state index contributed by atoms with van der Waals surface area (Å²) in [6.45, 7) is 2.61. The molecule has 110 valence electrons. The minimum Gasteiger partial charge on any atom is -0.369 e. The van der Waals surface area contributed by atoms with E-state index in [0.717, 1.165) is 0 Å². The van der Waals surface area contributed by atoms with Gasteiger partial charge >= 0.3 is 0 Å². The average Bonchev–Trinajstić information content (AvgIpc) is 2.78. The molecule has 1 saturated heterocycles. The van der Waals surface area contributed by atoms with Gasteiger partial charge in [0.25, 0.3) is 5.91 Å². The van der Waals surface area contributed by atoms with E-state index in [-0.39, 0.29) is 29.1 Å². The second-order valence-corrected chi connectivity index (χ2v) is 7.02. The van der Waals surface area contributed by atoms with Crippen LogP contribution in [0.2, 0.25) is 0 Å². The molecule has 0 radical (unpaired) electrons. The molecule has 0 aliphatic carbocycles. The molecule has 0 bridgehead atoms. The van der Waals surface area contributed by atoms with Crippen LogP contribution in [0.25, 0.3) is 0 Å². The fourth-order valence-corrected chi connectivity index (χ4v) is 3.94. The van der Waals surface area contributed by atoms with Gasteiger partial charge in [-0.2, -0.15) is 0 Å². The summed E-state index contributed by atoms with van der Waals surface area (Å²) in [7, 11) is -1.41. The van der Waals surface area contributed by atoms with E-state index in [2.05, 4.69) is 15.3 Å². The van der Waals surface area contributed by atoms with Crippen molar-refractivity contribution in [1.82, 2.24) is 14.9 Å². The summed E-state index contributed by atoms with van der Waals surface area (Å²) in [4.78, 5) is 21.9. The third-order valence-electron chi connectivity index (χ3n) is 3.29. The lowest BCUT2D eigenvalue weighted by Crippen LogP contribution is -2.38. The number of nitrogens with zero attached hydrogens (tertiary/aromatic N) is 3. The molecule has 2 rings (SSSR count). The maximum Gasteiger partial charge on any atom is 0.274 e. The number of hydrogen-bond acceptors (Lipinski definition) is 6. The van der Waals surface area contributed by atoms with E-state index in [1.807, 2.05) is 6.92 Å². The highest BCUT2D eigenvalue weighted by atomic mass is 32.2. The van der Waals surface area contributed by atoms with Gasteiger partial charge in [-0.25, -0.2) is 13.4 Å². The highest BCUT2D eigenvalue weighted by molar-refractivity contribution is 7.91. The molecule has 0 saturated carbocycles. The molecule has 1 unspecified atom stereocenters. The smallest absolute Gasteiger partial charge is 0.274 e. The Bertz CT molecular complexity index is 602. The van der Waals surface area contributed by atoms with Crippen LogP contribution in [0.15, 0.2) is 12.4 Å². The highest BCUT2D eigenvalue weighted by Gasteiger charge is 2.33. The van der Waals surface area contributed by atoms with Gasteiger partial charge in [-0.15, -0.1) is 0 Å². The Morgan fingerprint density at radius 3 is 2.85 bits per heavy atom. The van der Waals surface area contributed by atoms with Gasteiger partial charge in [0.05, 0.1) is 23.9 Å². The lowest BCUT2D eigenvalue weighted by Gasteiger charge is -2.22. The Hall–Kier alpha value is -1.70. The van der Waals surface area contributed by atoms with Crippen LogP contribution in [-0.2, 0) is 9.84 Å². The van der Waals surface area contributed by atoms with E-state index in [0.29, 0.717) is 18.8 Å². The van der Waals surface area contributed by atoms with Crippen LogP contribution in [0.5, 0.6) is 0 Å². The summed E-state index contributed by atoms with van der Waals surface area (Å²) in [5, 5.41) is 2.98. The number of carbonyl (C=O) groups is 1. The molecule has 1 aromatic rings. The van der Waals surface area contributed by atoms with Gasteiger partial charge in [0.1, 0.15) is 11.5 Å². The summed E-state index contributed by atoms with van der Waals surface area (Å²) in [5.74, 6) is 0.388. The SMILES string of the molecule is CCNc1cncc(C(=O)N(C)C2CCS(=O)(=O)C2)n1. The average molecular weight is 298 g/mol. The van der Waals surface area contributed by atoms with Gasteiger partial charge in [0, 0.05) is 19.6 Å². The van der Waals surface area contributed by atoms with Gasteiger partial charge < -0.3 is 10.2 Å². The summed E-state index contributed by atoms with van der Waals surface area (Å²) < 4.78 is 22.9. The van der Waals surface area contributed by atoms with E-state index >= 15 is 0 Å². The number of carbonyl (C=O) groups excluding carboxylic acids is 1. The summed E-state index contributed by atoms with van der Waals surface area (Å²) in [6, 6.07) is -0.280. The van der Waals surface area contributed by atoms with Crippen molar-refractivity contribution >= 4 is 21.6 Å². The van der Waals surface area contributed by atoms with Gasteiger partial charge in [-0.05, 0) is 13.3 Å². The van der Waals surface area contributed by atoms with Crippen LogP contribution in [0.4, 0.5) is 5.82 Å². The van der Waals surface area contributed by atoms with Crippen molar-refractivity contribution in [3.63, 3.8) is 0 Å². The van der Waals surface area contributed by atoms with Crippen LogP contribution in [-0.4, -0.2) is 60.3 Å².